The Labute approximate surface area is 104 Å². The fourth-order valence-corrected chi connectivity index (χ4v) is 2.97. The third-order valence-electron chi connectivity index (χ3n) is 2.96. The average Bonchev–Trinajstić information content (AvgIpc) is 3.09. The fraction of sp³-hybridized carbons (Fsp3) is 0.286. The van der Waals surface area contributed by atoms with Crippen LogP contribution in [0.1, 0.15) is 41.0 Å². The van der Waals surface area contributed by atoms with Gasteiger partial charge in [0.15, 0.2) is 5.78 Å². The molecule has 0 saturated heterocycles. The van der Waals surface area contributed by atoms with Gasteiger partial charge in [0.25, 0.3) is 0 Å². The summed E-state index contributed by atoms with van der Waals surface area (Å²) in [5, 5.41) is 0.970. The molecule has 1 aliphatic rings. The lowest BCUT2D eigenvalue weighted by atomic mass is 10.2. The second-order valence-corrected chi connectivity index (χ2v) is 5.43. The van der Waals surface area contributed by atoms with Crippen LogP contribution in [0.3, 0.4) is 0 Å². The molecule has 1 aliphatic carbocycles. The first-order chi connectivity index (χ1) is 8.25. The number of aromatic nitrogens is 1. The average molecular weight is 243 g/mol. The third-order valence-corrected chi connectivity index (χ3v) is 4.18. The topological polar surface area (TPSA) is 30.0 Å². The molecule has 2 nitrogen and oxygen atoms in total. The Bertz CT molecular complexity index is 555. The van der Waals surface area contributed by atoms with Crippen LogP contribution in [0.4, 0.5) is 0 Å². The van der Waals surface area contributed by atoms with E-state index in [-0.39, 0.29) is 5.78 Å². The van der Waals surface area contributed by atoms with Gasteiger partial charge in [0.05, 0.1) is 10.6 Å². The van der Waals surface area contributed by atoms with E-state index < -0.39 is 0 Å². The van der Waals surface area contributed by atoms with E-state index in [1.807, 2.05) is 30.3 Å². The zero-order chi connectivity index (χ0) is 11.8. The van der Waals surface area contributed by atoms with Gasteiger partial charge in [0, 0.05) is 18.4 Å². The van der Waals surface area contributed by atoms with Crippen molar-refractivity contribution in [2.24, 2.45) is 0 Å². The summed E-state index contributed by atoms with van der Waals surface area (Å²) in [6, 6.07) is 10.1. The second-order valence-electron chi connectivity index (χ2n) is 4.43. The van der Waals surface area contributed by atoms with Crippen LogP contribution in [0, 0.1) is 0 Å². The fourth-order valence-electron chi connectivity index (χ4n) is 1.92. The van der Waals surface area contributed by atoms with Crippen LogP contribution in [0.2, 0.25) is 0 Å². The SMILES string of the molecule is CC(=O)c1sc(-c2ccccc2)nc1C1CC1. The van der Waals surface area contributed by atoms with Crippen molar-refractivity contribution in [2.75, 3.05) is 0 Å². The van der Waals surface area contributed by atoms with Crippen molar-refractivity contribution in [1.82, 2.24) is 4.98 Å². The summed E-state index contributed by atoms with van der Waals surface area (Å²) in [6.45, 7) is 1.63. The lowest BCUT2D eigenvalue weighted by molar-refractivity contribution is 0.102. The minimum Gasteiger partial charge on any atom is -0.294 e. The number of nitrogens with zero attached hydrogens (tertiary/aromatic N) is 1. The van der Waals surface area contributed by atoms with Crippen LogP contribution >= 0.6 is 11.3 Å². The predicted octanol–water partition coefficient (Wildman–Crippen LogP) is 3.89. The Hall–Kier alpha value is -1.48. The largest absolute Gasteiger partial charge is 0.294 e. The number of thiazole rings is 1. The Balaban J connectivity index is 2.07. The molecule has 17 heavy (non-hydrogen) atoms. The van der Waals surface area contributed by atoms with Gasteiger partial charge in [-0.05, 0) is 12.8 Å². The highest BCUT2D eigenvalue weighted by Gasteiger charge is 2.31. The number of hydrogen-bond acceptors (Lipinski definition) is 3. The van der Waals surface area contributed by atoms with Crippen molar-refractivity contribution < 1.29 is 4.79 Å². The van der Waals surface area contributed by atoms with Gasteiger partial charge >= 0.3 is 0 Å². The van der Waals surface area contributed by atoms with Gasteiger partial charge in [0.1, 0.15) is 5.01 Å². The van der Waals surface area contributed by atoms with Crippen LogP contribution in [-0.4, -0.2) is 10.8 Å². The van der Waals surface area contributed by atoms with Gasteiger partial charge in [-0.15, -0.1) is 11.3 Å². The molecule has 3 rings (SSSR count). The molecule has 86 valence electrons. The van der Waals surface area contributed by atoms with Crippen LogP contribution in [0.15, 0.2) is 30.3 Å². The van der Waals surface area contributed by atoms with Crippen molar-refractivity contribution in [3.63, 3.8) is 0 Å². The molecule has 1 fully saturated rings. The summed E-state index contributed by atoms with van der Waals surface area (Å²) in [5.41, 5.74) is 2.13. The molecular weight excluding hydrogens is 230 g/mol. The molecule has 0 atom stereocenters. The highest BCUT2D eigenvalue weighted by atomic mass is 32.1. The molecule has 0 amide bonds. The zero-order valence-corrected chi connectivity index (χ0v) is 10.5. The Morgan fingerprint density at radius 2 is 2.00 bits per heavy atom. The minimum atomic E-state index is 0.145. The van der Waals surface area contributed by atoms with Gasteiger partial charge < -0.3 is 0 Å². The van der Waals surface area contributed by atoms with Gasteiger partial charge in [-0.25, -0.2) is 4.98 Å². The zero-order valence-electron chi connectivity index (χ0n) is 9.64. The molecule has 0 spiro atoms. The molecule has 0 bridgehead atoms. The quantitative estimate of drug-likeness (QED) is 0.765. The molecule has 0 radical (unpaired) electrons. The van der Waals surface area contributed by atoms with Crippen LogP contribution in [0.25, 0.3) is 10.6 Å². The molecule has 0 aliphatic heterocycles. The van der Waals surface area contributed by atoms with Crippen LogP contribution in [0.5, 0.6) is 0 Å². The standard InChI is InChI=1S/C14H13NOS/c1-9(16)13-12(10-7-8-10)15-14(17-13)11-5-3-2-4-6-11/h2-6,10H,7-8H2,1H3. The molecule has 0 N–H and O–H groups in total. The van der Waals surface area contributed by atoms with Crippen molar-refractivity contribution in [2.45, 2.75) is 25.7 Å². The number of hydrogen-bond donors (Lipinski definition) is 0. The molecule has 3 heteroatoms. The molecule has 1 aromatic carbocycles. The lowest BCUT2D eigenvalue weighted by Gasteiger charge is -1.93. The summed E-state index contributed by atoms with van der Waals surface area (Å²) in [6.07, 6.45) is 2.36. The summed E-state index contributed by atoms with van der Waals surface area (Å²) in [4.78, 5) is 17.1. The van der Waals surface area contributed by atoms with Gasteiger partial charge in [-0.1, -0.05) is 30.3 Å². The van der Waals surface area contributed by atoms with Crippen molar-refractivity contribution >= 4 is 17.1 Å². The lowest BCUT2D eigenvalue weighted by Crippen LogP contribution is -1.93. The van der Waals surface area contributed by atoms with Gasteiger partial charge in [0.2, 0.25) is 0 Å². The summed E-state index contributed by atoms with van der Waals surface area (Å²) >= 11 is 1.53. The Kier molecular flexibility index (Phi) is 2.56. The molecule has 0 unspecified atom stereocenters. The smallest absolute Gasteiger partial charge is 0.171 e. The van der Waals surface area contributed by atoms with E-state index in [2.05, 4.69) is 4.98 Å². The number of ketones is 1. The minimum absolute atomic E-state index is 0.145. The van der Waals surface area contributed by atoms with E-state index in [1.165, 1.54) is 24.2 Å². The van der Waals surface area contributed by atoms with E-state index in [1.54, 1.807) is 6.92 Å². The third kappa shape index (κ3) is 2.03. The maximum Gasteiger partial charge on any atom is 0.171 e. The van der Waals surface area contributed by atoms with E-state index >= 15 is 0 Å². The predicted molar refractivity (Wildman–Crippen MR) is 69.5 cm³/mol. The maximum atomic E-state index is 11.6. The first-order valence-corrected chi connectivity index (χ1v) is 6.64. The second kappa shape index (κ2) is 4.08. The highest BCUT2D eigenvalue weighted by Crippen LogP contribution is 2.44. The van der Waals surface area contributed by atoms with Crippen molar-refractivity contribution in [3.8, 4) is 10.6 Å². The molecule has 2 aromatic rings. The van der Waals surface area contributed by atoms with Gasteiger partial charge in [-0.2, -0.15) is 0 Å². The first-order valence-electron chi connectivity index (χ1n) is 5.83. The first kappa shape index (κ1) is 10.7. The normalized spacial score (nSPS) is 14.9. The molecular formula is C14H13NOS. The monoisotopic (exact) mass is 243 g/mol. The van der Waals surface area contributed by atoms with Crippen molar-refractivity contribution in [1.29, 1.82) is 0 Å². The van der Waals surface area contributed by atoms with E-state index in [4.69, 9.17) is 0 Å². The van der Waals surface area contributed by atoms with Gasteiger partial charge in [-0.3, -0.25) is 4.79 Å². The van der Waals surface area contributed by atoms with E-state index in [0.717, 1.165) is 21.1 Å². The van der Waals surface area contributed by atoms with E-state index in [9.17, 15) is 4.79 Å². The molecule has 1 heterocycles. The number of benzene rings is 1. The Morgan fingerprint density at radius 3 is 2.59 bits per heavy atom. The van der Waals surface area contributed by atoms with Crippen LogP contribution in [-0.2, 0) is 0 Å². The summed E-state index contributed by atoms with van der Waals surface area (Å²) < 4.78 is 0. The number of rotatable bonds is 3. The van der Waals surface area contributed by atoms with E-state index in [0.29, 0.717) is 5.92 Å². The number of Topliss-reactive ketones (excluding diaryl/α,β-unsaturated/α-hetero) is 1. The van der Waals surface area contributed by atoms with Crippen LogP contribution < -0.4 is 0 Å². The maximum absolute atomic E-state index is 11.6. The molecule has 1 aromatic heterocycles. The Morgan fingerprint density at radius 1 is 1.29 bits per heavy atom. The highest BCUT2D eigenvalue weighted by molar-refractivity contribution is 7.17. The number of carbonyl (C=O) groups excluding carboxylic acids is 1. The van der Waals surface area contributed by atoms with Crippen molar-refractivity contribution in [3.05, 3.63) is 40.9 Å². The molecule has 1 saturated carbocycles. The number of carbonyl (C=O) groups is 1. The summed E-state index contributed by atoms with van der Waals surface area (Å²) in [7, 11) is 0. The summed E-state index contributed by atoms with van der Waals surface area (Å²) in [5.74, 6) is 0.675.